The van der Waals surface area contributed by atoms with Gasteiger partial charge in [0.15, 0.2) is 11.6 Å². The van der Waals surface area contributed by atoms with Gasteiger partial charge in [0.1, 0.15) is 18.4 Å². The van der Waals surface area contributed by atoms with E-state index >= 15 is 0 Å². The molecule has 0 bridgehead atoms. The van der Waals surface area contributed by atoms with Crippen molar-refractivity contribution in [2.75, 3.05) is 44.2 Å². The van der Waals surface area contributed by atoms with E-state index in [1.165, 1.54) is 6.07 Å². The van der Waals surface area contributed by atoms with Crippen molar-refractivity contribution in [3.63, 3.8) is 0 Å². The van der Waals surface area contributed by atoms with Crippen LogP contribution in [0.2, 0.25) is 0 Å². The number of amides is 2. The largest absolute Gasteiger partial charge is 0.492 e. The van der Waals surface area contributed by atoms with Crippen molar-refractivity contribution in [3.05, 3.63) is 59.7 Å². The number of rotatable bonds is 5. The van der Waals surface area contributed by atoms with Gasteiger partial charge in [-0.2, -0.15) is 5.26 Å². The SMILES string of the molecule is N#Cc1ccccc1N1CCN(C(=O)NCCOc2ccc(F)c(F)c2)CC1. The molecular formula is C20H20F2N4O2. The van der Waals surface area contributed by atoms with E-state index in [1.807, 2.05) is 18.2 Å². The Labute approximate surface area is 161 Å². The number of para-hydroxylation sites is 1. The minimum absolute atomic E-state index is 0.145. The summed E-state index contributed by atoms with van der Waals surface area (Å²) in [6.07, 6.45) is 0. The van der Waals surface area contributed by atoms with Crippen LogP contribution in [0.15, 0.2) is 42.5 Å². The van der Waals surface area contributed by atoms with Crippen molar-refractivity contribution in [3.8, 4) is 11.8 Å². The lowest BCUT2D eigenvalue weighted by Gasteiger charge is -2.36. The average molecular weight is 386 g/mol. The van der Waals surface area contributed by atoms with Crippen LogP contribution >= 0.6 is 0 Å². The van der Waals surface area contributed by atoms with Crippen LogP contribution in [0.1, 0.15) is 5.56 Å². The highest BCUT2D eigenvalue weighted by atomic mass is 19.2. The van der Waals surface area contributed by atoms with E-state index in [9.17, 15) is 18.8 Å². The van der Waals surface area contributed by atoms with Gasteiger partial charge in [-0.25, -0.2) is 13.6 Å². The molecule has 0 aliphatic carbocycles. The number of nitrogens with one attached hydrogen (secondary N) is 1. The molecule has 2 amide bonds. The normalized spacial score (nSPS) is 13.8. The highest BCUT2D eigenvalue weighted by molar-refractivity contribution is 5.74. The maximum atomic E-state index is 13.1. The summed E-state index contributed by atoms with van der Waals surface area (Å²) >= 11 is 0. The molecule has 1 aliphatic rings. The zero-order valence-corrected chi connectivity index (χ0v) is 15.2. The van der Waals surface area contributed by atoms with E-state index in [4.69, 9.17) is 4.74 Å². The van der Waals surface area contributed by atoms with E-state index in [0.29, 0.717) is 31.7 Å². The van der Waals surface area contributed by atoms with Crippen LogP contribution < -0.4 is 15.0 Å². The van der Waals surface area contributed by atoms with Crippen LogP contribution in [0.25, 0.3) is 0 Å². The number of benzene rings is 2. The monoisotopic (exact) mass is 386 g/mol. The number of nitrogens with zero attached hydrogens (tertiary/aromatic N) is 3. The fourth-order valence-corrected chi connectivity index (χ4v) is 3.00. The van der Waals surface area contributed by atoms with Crippen molar-refractivity contribution in [2.24, 2.45) is 0 Å². The third kappa shape index (κ3) is 4.68. The fraction of sp³-hybridized carbons (Fsp3) is 0.300. The second-order valence-electron chi connectivity index (χ2n) is 6.26. The Balaban J connectivity index is 1.41. The number of halogens is 2. The topological polar surface area (TPSA) is 68.6 Å². The summed E-state index contributed by atoms with van der Waals surface area (Å²) in [6.45, 7) is 2.74. The highest BCUT2D eigenvalue weighted by Crippen LogP contribution is 2.21. The van der Waals surface area contributed by atoms with Crippen molar-refractivity contribution in [1.82, 2.24) is 10.2 Å². The molecule has 0 aromatic heterocycles. The number of hydrogen-bond acceptors (Lipinski definition) is 4. The van der Waals surface area contributed by atoms with E-state index < -0.39 is 11.6 Å². The van der Waals surface area contributed by atoms with Gasteiger partial charge in [0.05, 0.1) is 17.8 Å². The predicted octanol–water partition coefficient (Wildman–Crippen LogP) is 2.75. The Bertz CT molecular complexity index is 877. The third-order valence-electron chi connectivity index (χ3n) is 4.47. The Morgan fingerprint density at radius 2 is 1.86 bits per heavy atom. The van der Waals surface area contributed by atoms with Crippen molar-refractivity contribution in [1.29, 1.82) is 5.26 Å². The van der Waals surface area contributed by atoms with E-state index in [1.54, 1.807) is 11.0 Å². The zero-order chi connectivity index (χ0) is 19.9. The van der Waals surface area contributed by atoms with Gasteiger partial charge in [-0.1, -0.05) is 12.1 Å². The first-order chi connectivity index (χ1) is 13.6. The molecule has 1 heterocycles. The molecule has 1 N–H and O–H groups in total. The standard InChI is InChI=1S/C20H20F2N4O2/c21-17-6-5-16(13-18(17)22)28-12-7-24-20(27)26-10-8-25(9-11-26)19-4-2-1-3-15(19)14-23/h1-6,13H,7-12H2,(H,24,27). The number of urea groups is 1. The number of piperazine rings is 1. The summed E-state index contributed by atoms with van der Waals surface area (Å²) in [6, 6.07) is 12.7. The van der Waals surface area contributed by atoms with Crippen LogP contribution in [-0.2, 0) is 0 Å². The summed E-state index contributed by atoms with van der Waals surface area (Å²) in [5.41, 5.74) is 1.50. The zero-order valence-electron chi connectivity index (χ0n) is 15.2. The Morgan fingerprint density at radius 1 is 1.11 bits per heavy atom. The van der Waals surface area contributed by atoms with Gasteiger partial charge in [0.25, 0.3) is 0 Å². The van der Waals surface area contributed by atoms with Crippen LogP contribution in [0.3, 0.4) is 0 Å². The van der Waals surface area contributed by atoms with Gasteiger partial charge in [-0.05, 0) is 24.3 Å². The lowest BCUT2D eigenvalue weighted by molar-refractivity contribution is 0.191. The van der Waals surface area contributed by atoms with Crippen LogP contribution in [0.5, 0.6) is 5.75 Å². The van der Waals surface area contributed by atoms with Crippen LogP contribution in [-0.4, -0.2) is 50.3 Å². The minimum Gasteiger partial charge on any atom is -0.492 e. The molecule has 0 unspecified atom stereocenters. The van der Waals surface area contributed by atoms with Crippen LogP contribution in [0, 0.1) is 23.0 Å². The Morgan fingerprint density at radius 3 is 2.57 bits per heavy atom. The molecule has 2 aromatic rings. The number of hydrogen-bond donors (Lipinski definition) is 1. The van der Waals surface area contributed by atoms with Crippen molar-refractivity contribution in [2.45, 2.75) is 0 Å². The molecule has 8 heteroatoms. The van der Waals surface area contributed by atoms with Gasteiger partial charge in [0.2, 0.25) is 0 Å². The van der Waals surface area contributed by atoms with Gasteiger partial charge in [0, 0.05) is 32.2 Å². The van der Waals surface area contributed by atoms with E-state index in [2.05, 4.69) is 16.3 Å². The highest BCUT2D eigenvalue weighted by Gasteiger charge is 2.22. The lowest BCUT2D eigenvalue weighted by atomic mass is 10.1. The quantitative estimate of drug-likeness (QED) is 0.803. The second-order valence-corrected chi connectivity index (χ2v) is 6.26. The molecule has 6 nitrogen and oxygen atoms in total. The van der Waals surface area contributed by atoms with Gasteiger partial charge in [-0.3, -0.25) is 0 Å². The molecule has 2 aromatic carbocycles. The lowest BCUT2D eigenvalue weighted by Crippen LogP contribution is -2.52. The fourth-order valence-electron chi connectivity index (χ4n) is 3.00. The Hall–Kier alpha value is -3.34. The molecule has 3 rings (SSSR count). The predicted molar refractivity (Wildman–Crippen MR) is 100 cm³/mol. The summed E-state index contributed by atoms with van der Waals surface area (Å²) in [7, 11) is 0. The summed E-state index contributed by atoms with van der Waals surface area (Å²) in [5, 5.41) is 12.0. The van der Waals surface area contributed by atoms with E-state index in [0.717, 1.165) is 17.8 Å². The molecule has 0 radical (unpaired) electrons. The number of nitriles is 1. The molecule has 28 heavy (non-hydrogen) atoms. The van der Waals surface area contributed by atoms with Gasteiger partial charge >= 0.3 is 6.03 Å². The molecular weight excluding hydrogens is 366 g/mol. The molecule has 0 spiro atoms. The molecule has 1 saturated heterocycles. The number of carbonyl (C=O) groups is 1. The van der Waals surface area contributed by atoms with Crippen LogP contribution in [0.4, 0.5) is 19.3 Å². The average Bonchev–Trinajstić information content (AvgIpc) is 2.73. The summed E-state index contributed by atoms with van der Waals surface area (Å²) in [4.78, 5) is 16.0. The minimum atomic E-state index is -0.975. The van der Waals surface area contributed by atoms with Gasteiger partial charge < -0.3 is 19.9 Å². The molecule has 1 fully saturated rings. The molecule has 0 saturated carbocycles. The Kier molecular flexibility index (Phi) is 6.27. The maximum Gasteiger partial charge on any atom is 0.317 e. The number of anilines is 1. The molecule has 146 valence electrons. The van der Waals surface area contributed by atoms with Gasteiger partial charge in [-0.15, -0.1) is 0 Å². The first-order valence-electron chi connectivity index (χ1n) is 8.93. The van der Waals surface area contributed by atoms with Crippen molar-refractivity contribution >= 4 is 11.7 Å². The first-order valence-corrected chi connectivity index (χ1v) is 8.93. The second kappa shape index (κ2) is 9.04. The maximum absolute atomic E-state index is 13.1. The molecule has 1 aliphatic heterocycles. The smallest absolute Gasteiger partial charge is 0.317 e. The number of ether oxygens (including phenoxy) is 1. The first kappa shape index (κ1) is 19.4. The summed E-state index contributed by atoms with van der Waals surface area (Å²) in [5.74, 6) is -1.70. The third-order valence-corrected chi connectivity index (χ3v) is 4.47. The van der Waals surface area contributed by atoms with Crippen molar-refractivity contribution < 1.29 is 18.3 Å². The molecule has 0 atom stereocenters. The number of carbonyl (C=O) groups excluding carboxylic acids is 1. The van der Waals surface area contributed by atoms with E-state index in [-0.39, 0.29) is 24.9 Å². The summed E-state index contributed by atoms with van der Waals surface area (Å²) < 4.78 is 31.3.